The minimum Gasteiger partial charge on any atom is -0.481 e. The van der Waals surface area contributed by atoms with E-state index < -0.39 is 11.7 Å². The number of nitrogens with two attached hydrogens (primary N) is 1. The van der Waals surface area contributed by atoms with Crippen LogP contribution in [0.3, 0.4) is 0 Å². The highest BCUT2D eigenvalue weighted by atomic mass is 35.5. The number of anilines is 2. The Labute approximate surface area is 118 Å². The fourth-order valence-corrected chi connectivity index (χ4v) is 1.59. The molecule has 0 spiro atoms. The molecule has 1 amide bonds. The van der Waals surface area contributed by atoms with Crippen LogP contribution in [-0.2, 0) is 0 Å². The number of nitrogens with zero attached hydrogens (tertiary/aromatic N) is 2. The Hall–Kier alpha value is -2.41. The first-order chi connectivity index (χ1) is 9.49. The van der Waals surface area contributed by atoms with Gasteiger partial charge in [-0.05, 0) is 18.2 Å². The molecule has 2 aromatic rings. The van der Waals surface area contributed by atoms with Crippen LogP contribution in [0.1, 0.15) is 10.4 Å². The second-order valence-electron chi connectivity index (χ2n) is 3.75. The van der Waals surface area contributed by atoms with Crippen molar-refractivity contribution < 1.29 is 13.9 Å². The molecule has 0 saturated heterocycles. The number of amides is 1. The van der Waals surface area contributed by atoms with Gasteiger partial charge in [-0.25, -0.2) is 9.37 Å². The number of hydrogen-bond acceptors (Lipinski definition) is 5. The third-order valence-electron chi connectivity index (χ3n) is 2.36. The standard InChI is InChI=1S/C12H10ClFN4O2/c1-20-10-5-9(13)16-12(17-10)18-11(19)6-2-3-7(14)8(15)4-6/h2-5H,15H2,1H3,(H,16,17,18,19). The maximum Gasteiger partial charge on any atom is 0.258 e. The summed E-state index contributed by atoms with van der Waals surface area (Å²) in [5.74, 6) is -0.954. The van der Waals surface area contributed by atoms with Crippen LogP contribution in [0.4, 0.5) is 16.0 Å². The molecule has 0 fully saturated rings. The van der Waals surface area contributed by atoms with Gasteiger partial charge < -0.3 is 10.5 Å². The lowest BCUT2D eigenvalue weighted by molar-refractivity contribution is 0.102. The molecule has 0 unspecified atom stereocenters. The van der Waals surface area contributed by atoms with Gasteiger partial charge in [0, 0.05) is 11.6 Å². The number of nitrogens with one attached hydrogen (secondary N) is 1. The zero-order valence-corrected chi connectivity index (χ0v) is 11.1. The normalized spacial score (nSPS) is 10.2. The van der Waals surface area contributed by atoms with Gasteiger partial charge in [0.1, 0.15) is 11.0 Å². The van der Waals surface area contributed by atoms with Crippen molar-refractivity contribution in [3.63, 3.8) is 0 Å². The number of methoxy groups -OCH3 is 1. The molecule has 0 radical (unpaired) electrons. The van der Waals surface area contributed by atoms with Crippen LogP contribution in [0.5, 0.6) is 5.88 Å². The third kappa shape index (κ3) is 3.12. The van der Waals surface area contributed by atoms with E-state index in [-0.39, 0.29) is 28.2 Å². The van der Waals surface area contributed by atoms with Crippen LogP contribution in [0.15, 0.2) is 24.3 Å². The van der Waals surface area contributed by atoms with E-state index in [1.165, 1.54) is 25.3 Å². The van der Waals surface area contributed by atoms with E-state index >= 15 is 0 Å². The summed E-state index contributed by atoms with van der Waals surface area (Å²) in [5.41, 5.74) is 5.44. The smallest absolute Gasteiger partial charge is 0.258 e. The Balaban J connectivity index is 2.23. The summed E-state index contributed by atoms with van der Waals surface area (Å²) in [7, 11) is 1.41. The highest BCUT2D eigenvalue weighted by Gasteiger charge is 2.11. The maximum atomic E-state index is 13.0. The Morgan fingerprint density at radius 3 is 2.80 bits per heavy atom. The molecule has 0 aliphatic carbocycles. The first-order valence-electron chi connectivity index (χ1n) is 5.44. The molecule has 104 valence electrons. The van der Waals surface area contributed by atoms with E-state index in [4.69, 9.17) is 22.1 Å². The number of aromatic nitrogens is 2. The number of benzene rings is 1. The van der Waals surface area contributed by atoms with Crippen molar-refractivity contribution >= 4 is 29.1 Å². The number of hydrogen-bond donors (Lipinski definition) is 2. The van der Waals surface area contributed by atoms with Gasteiger partial charge in [0.15, 0.2) is 0 Å². The van der Waals surface area contributed by atoms with Crippen molar-refractivity contribution in [2.75, 3.05) is 18.2 Å². The predicted octanol–water partition coefficient (Wildman–Crippen LogP) is 2.11. The molecule has 0 aliphatic rings. The fraction of sp³-hybridized carbons (Fsp3) is 0.0833. The average Bonchev–Trinajstić information content (AvgIpc) is 2.41. The van der Waals surface area contributed by atoms with Crippen LogP contribution in [0.2, 0.25) is 5.15 Å². The minimum atomic E-state index is -0.595. The van der Waals surface area contributed by atoms with Crippen molar-refractivity contribution in [2.45, 2.75) is 0 Å². The Bertz CT molecular complexity index is 666. The van der Waals surface area contributed by atoms with Crippen molar-refractivity contribution in [2.24, 2.45) is 0 Å². The summed E-state index contributed by atoms with van der Waals surface area (Å²) in [4.78, 5) is 19.7. The number of halogens is 2. The second-order valence-corrected chi connectivity index (χ2v) is 4.13. The number of nitrogen functional groups attached to an aromatic ring is 1. The Morgan fingerprint density at radius 2 is 2.15 bits per heavy atom. The predicted molar refractivity (Wildman–Crippen MR) is 72.4 cm³/mol. The largest absolute Gasteiger partial charge is 0.481 e. The van der Waals surface area contributed by atoms with Gasteiger partial charge in [-0.1, -0.05) is 11.6 Å². The molecule has 1 aromatic carbocycles. The highest BCUT2D eigenvalue weighted by Crippen LogP contribution is 2.17. The van der Waals surface area contributed by atoms with E-state index in [0.717, 1.165) is 6.07 Å². The average molecular weight is 297 g/mol. The van der Waals surface area contributed by atoms with Crippen LogP contribution in [0, 0.1) is 5.82 Å². The van der Waals surface area contributed by atoms with Crippen molar-refractivity contribution in [1.29, 1.82) is 0 Å². The molecular formula is C12H10ClFN4O2. The summed E-state index contributed by atoms with van der Waals surface area (Å²) < 4.78 is 17.9. The molecule has 20 heavy (non-hydrogen) atoms. The van der Waals surface area contributed by atoms with E-state index in [0.29, 0.717) is 0 Å². The van der Waals surface area contributed by atoms with Crippen molar-refractivity contribution in [1.82, 2.24) is 9.97 Å². The maximum absolute atomic E-state index is 13.0. The minimum absolute atomic E-state index is 0.0257. The quantitative estimate of drug-likeness (QED) is 0.669. The molecule has 3 N–H and O–H groups in total. The fourth-order valence-electron chi connectivity index (χ4n) is 1.42. The van der Waals surface area contributed by atoms with E-state index in [2.05, 4.69) is 15.3 Å². The SMILES string of the molecule is COc1cc(Cl)nc(NC(=O)c2ccc(F)c(N)c2)n1. The Morgan fingerprint density at radius 1 is 1.40 bits per heavy atom. The lowest BCUT2D eigenvalue weighted by atomic mass is 10.2. The summed E-state index contributed by atoms with van der Waals surface area (Å²) in [6.07, 6.45) is 0. The zero-order chi connectivity index (χ0) is 14.7. The molecule has 6 nitrogen and oxygen atoms in total. The van der Waals surface area contributed by atoms with Crippen LogP contribution in [0.25, 0.3) is 0 Å². The lowest BCUT2D eigenvalue weighted by Crippen LogP contribution is -2.15. The van der Waals surface area contributed by atoms with Crippen molar-refractivity contribution in [3.05, 3.63) is 40.8 Å². The van der Waals surface area contributed by atoms with Crippen LogP contribution < -0.4 is 15.8 Å². The van der Waals surface area contributed by atoms with E-state index in [9.17, 15) is 9.18 Å². The van der Waals surface area contributed by atoms with E-state index in [1.807, 2.05) is 0 Å². The summed E-state index contributed by atoms with van der Waals surface area (Å²) in [5, 5.41) is 2.53. The third-order valence-corrected chi connectivity index (χ3v) is 2.56. The summed E-state index contributed by atoms with van der Waals surface area (Å²) in [6.45, 7) is 0. The topological polar surface area (TPSA) is 90.1 Å². The number of carbonyl (C=O) groups excluding carboxylic acids is 1. The Kier molecular flexibility index (Phi) is 3.99. The molecular weight excluding hydrogens is 287 g/mol. The first-order valence-corrected chi connectivity index (χ1v) is 5.82. The molecule has 0 bridgehead atoms. The summed E-state index contributed by atoms with van der Waals surface area (Å²) in [6, 6.07) is 5.01. The first kappa shape index (κ1) is 14.0. The lowest BCUT2D eigenvalue weighted by Gasteiger charge is -2.06. The molecule has 8 heteroatoms. The van der Waals surface area contributed by atoms with Crippen LogP contribution >= 0.6 is 11.6 Å². The highest BCUT2D eigenvalue weighted by molar-refractivity contribution is 6.29. The molecule has 0 aliphatic heterocycles. The zero-order valence-electron chi connectivity index (χ0n) is 10.4. The van der Waals surface area contributed by atoms with Gasteiger partial charge in [0.05, 0.1) is 12.8 Å². The molecule has 1 heterocycles. The van der Waals surface area contributed by atoms with Gasteiger partial charge in [-0.2, -0.15) is 4.98 Å². The second kappa shape index (κ2) is 5.70. The molecule has 1 aromatic heterocycles. The monoisotopic (exact) mass is 296 g/mol. The molecule has 2 rings (SSSR count). The molecule has 0 atom stereocenters. The van der Waals surface area contributed by atoms with Gasteiger partial charge in [0.25, 0.3) is 5.91 Å². The number of ether oxygens (including phenoxy) is 1. The van der Waals surface area contributed by atoms with Gasteiger partial charge in [-0.3, -0.25) is 10.1 Å². The number of carbonyl (C=O) groups is 1. The van der Waals surface area contributed by atoms with Gasteiger partial charge in [0.2, 0.25) is 11.8 Å². The van der Waals surface area contributed by atoms with Gasteiger partial charge in [-0.15, -0.1) is 0 Å². The number of rotatable bonds is 3. The van der Waals surface area contributed by atoms with Crippen LogP contribution in [-0.4, -0.2) is 23.0 Å². The molecule has 0 saturated carbocycles. The van der Waals surface area contributed by atoms with Gasteiger partial charge >= 0.3 is 0 Å². The van der Waals surface area contributed by atoms with E-state index in [1.54, 1.807) is 0 Å². The summed E-state index contributed by atoms with van der Waals surface area (Å²) >= 11 is 5.75. The van der Waals surface area contributed by atoms with Crippen molar-refractivity contribution in [3.8, 4) is 5.88 Å².